The Morgan fingerprint density at radius 3 is 2.53 bits per heavy atom. The molecule has 86 valence electrons. The number of carboxylic acid groups (broad SMARTS) is 1. The molecule has 0 bridgehead atoms. The third kappa shape index (κ3) is 3.09. The van der Waals surface area contributed by atoms with Crippen molar-refractivity contribution in [3.05, 3.63) is 0 Å². The molecule has 0 aliphatic carbocycles. The number of hydrogen-bond donors (Lipinski definition) is 2. The van der Waals surface area contributed by atoms with Crippen molar-refractivity contribution in [3.8, 4) is 0 Å². The average molecular weight is 216 g/mol. The standard InChI is InChI=1S/C9H16N2O4/c1-9(2,3)15-8(14)11-5-10-4-6(11)7(12)13/h6,10H,4-5H2,1-3H3,(H,12,13). The normalized spacial score (nSPS) is 21.5. The monoisotopic (exact) mass is 216 g/mol. The lowest BCUT2D eigenvalue weighted by Crippen LogP contribution is -2.44. The van der Waals surface area contributed by atoms with Crippen LogP contribution in [-0.2, 0) is 9.53 Å². The quantitative estimate of drug-likeness (QED) is 0.656. The molecule has 1 saturated heterocycles. The number of carboxylic acids is 1. The molecule has 0 radical (unpaired) electrons. The topological polar surface area (TPSA) is 78.9 Å². The van der Waals surface area contributed by atoms with Gasteiger partial charge in [0.05, 0.1) is 6.67 Å². The largest absolute Gasteiger partial charge is 0.480 e. The van der Waals surface area contributed by atoms with E-state index in [0.717, 1.165) is 0 Å². The number of amides is 1. The van der Waals surface area contributed by atoms with E-state index in [1.54, 1.807) is 20.8 Å². The third-order valence-corrected chi connectivity index (χ3v) is 1.91. The summed E-state index contributed by atoms with van der Waals surface area (Å²) >= 11 is 0. The van der Waals surface area contributed by atoms with Gasteiger partial charge in [-0.15, -0.1) is 0 Å². The first-order valence-electron chi connectivity index (χ1n) is 4.74. The molecule has 1 aliphatic heterocycles. The third-order valence-electron chi connectivity index (χ3n) is 1.91. The van der Waals surface area contributed by atoms with Crippen LogP contribution >= 0.6 is 0 Å². The minimum Gasteiger partial charge on any atom is -0.480 e. The van der Waals surface area contributed by atoms with Crippen LogP contribution in [0.4, 0.5) is 4.79 Å². The highest BCUT2D eigenvalue weighted by atomic mass is 16.6. The maximum atomic E-state index is 11.6. The number of carbonyl (C=O) groups excluding carboxylic acids is 1. The fraction of sp³-hybridized carbons (Fsp3) is 0.778. The molecule has 0 aromatic rings. The van der Waals surface area contributed by atoms with Gasteiger partial charge < -0.3 is 9.84 Å². The zero-order valence-electron chi connectivity index (χ0n) is 9.11. The number of rotatable bonds is 1. The van der Waals surface area contributed by atoms with Gasteiger partial charge in [-0.05, 0) is 20.8 Å². The van der Waals surface area contributed by atoms with Crippen molar-refractivity contribution in [2.45, 2.75) is 32.4 Å². The Hall–Kier alpha value is -1.30. The zero-order chi connectivity index (χ0) is 11.6. The van der Waals surface area contributed by atoms with Crippen molar-refractivity contribution in [3.63, 3.8) is 0 Å². The summed E-state index contributed by atoms with van der Waals surface area (Å²) in [5, 5.41) is 11.7. The Balaban J connectivity index is 2.63. The minimum atomic E-state index is -1.02. The molecular weight excluding hydrogens is 200 g/mol. The van der Waals surface area contributed by atoms with Crippen LogP contribution in [0.3, 0.4) is 0 Å². The number of nitrogens with one attached hydrogen (secondary N) is 1. The lowest BCUT2D eigenvalue weighted by molar-refractivity contribution is -0.141. The van der Waals surface area contributed by atoms with E-state index in [9.17, 15) is 9.59 Å². The van der Waals surface area contributed by atoms with Gasteiger partial charge in [0.1, 0.15) is 11.6 Å². The van der Waals surface area contributed by atoms with Crippen LogP contribution in [-0.4, -0.2) is 46.9 Å². The molecule has 0 saturated carbocycles. The molecule has 1 aliphatic rings. The highest BCUT2D eigenvalue weighted by Gasteiger charge is 2.36. The summed E-state index contributed by atoms with van der Waals surface area (Å²) in [5.41, 5.74) is -0.608. The Labute approximate surface area is 88.2 Å². The van der Waals surface area contributed by atoms with Gasteiger partial charge in [0, 0.05) is 6.54 Å². The van der Waals surface area contributed by atoms with Gasteiger partial charge in [-0.25, -0.2) is 9.59 Å². The summed E-state index contributed by atoms with van der Waals surface area (Å²) in [6.07, 6.45) is -0.597. The van der Waals surface area contributed by atoms with E-state index in [0.29, 0.717) is 0 Å². The van der Waals surface area contributed by atoms with Crippen molar-refractivity contribution >= 4 is 12.1 Å². The molecule has 1 rings (SSSR count). The lowest BCUT2D eigenvalue weighted by atomic mass is 10.2. The van der Waals surface area contributed by atoms with E-state index in [2.05, 4.69) is 5.32 Å². The summed E-state index contributed by atoms with van der Waals surface area (Å²) in [6.45, 7) is 5.69. The zero-order valence-corrected chi connectivity index (χ0v) is 9.11. The molecule has 6 nitrogen and oxygen atoms in total. The first kappa shape index (κ1) is 11.8. The van der Waals surface area contributed by atoms with E-state index < -0.39 is 23.7 Å². The molecule has 2 N–H and O–H groups in total. The second-order valence-corrected chi connectivity index (χ2v) is 4.42. The van der Waals surface area contributed by atoms with Crippen LogP contribution < -0.4 is 5.32 Å². The second-order valence-electron chi connectivity index (χ2n) is 4.42. The Morgan fingerprint density at radius 2 is 2.07 bits per heavy atom. The summed E-state index contributed by atoms with van der Waals surface area (Å²) < 4.78 is 5.09. The SMILES string of the molecule is CC(C)(C)OC(=O)N1CNCC1C(=O)O. The van der Waals surface area contributed by atoms with E-state index >= 15 is 0 Å². The average Bonchev–Trinajstić information content (AvgIpc) is 2.47. The van der Waals surface area contributed by atoms with Gasteiger partial charge in [0.25, 0.3) is 0 Å². The number of aliphatic carboxylic acids is 1. The van der Waals surface area contributed by atoms with E-state index in [4.69, 9.17) is 9.84 Å². The van der Waals surface area contributed by atoms with Gasteiger partial charge in [-0.1, -0.05) is 0 Å². The minimum absolute atomic E-state index is 0.214. The number of ether oxygens (including phenoxy) is 1. The maximum absolute atomic E-state index is 11.6. The first-order chi connectivity index (χ1) is 6.81. The maximum Gasteiger partial charge on any atom is 0.412 e. The molecule has 1 unspecified atom stereocenters. The predicted molar refractivity (Wildman–Crippen MR) is 52.4 cm³/mol. The van der Waals surface area contributed by atoms with Gasteiger partial charge in [0.2, 0.25) is 0 Å². The second kappa shape index (κ2) is 4.06. The van der Waals surface area contributed by atoms with Gasteiger partial charge in [-0.2, -0.15) is 0 Å². The molecule has 1 atom stereocenters. The molecule has 0 aromatic heterocycles. The van der Waals surface area contributed by atoms with Crippen LogP contribution in [0.25, 0.3) is 0 Å². The van der Waals surface area contributed by atoms with Gasteiger partial charge >= 0.3 is 12.1 Å². The predicted octanol–water partition coefficient (Wildman–Crippen LogP) is 0.237. The molecule has 1 heterocycles. The number of nitrogens with zero attached hydrogens (tertiary/aromatic N) is 1. The van der Waals surface area contributed by atoms with Gasteiger partial charge in [-0.3, -0.25) is 10.2 Å². The Bertz CT molecular complexity index is 272. The van der Waals surface area contributed by atoms with Crippen molar-refractivity contribution in [1.82, 2.24) is 10.2 Å². The fourth-order valence-corrected chi connectivity index (χ4v) is 1.28. The van der Waals surface area contributed by atoms with Crippen LogP contribution in [0.15, 0.2) is 0 Å². The van der Waals surface area contributed by atoms with Gasteiger partial charge in [0.15, 0.2) is 0 Å². The Morgan fingerprint density at radius 1 is 1.47 bits per heavy atom. The lowest BCUT2D eigenvalue weighted by Gasteiger charge is -2.26. The van der Waals surface area contributed by atoms with E-state index in [1.807, 2.05) is 0 Å². The first-order valence-corrected chi connectivity index (χ1v) is 4.74. The van der Waals surface area contributed by atoms with Crippen molar-refractivity contribution < 1.29 is 19.4 Å². The molecule has 1 amide bonds. The Kier molecular flexibility index (Phi) is 3.18. The summed E-state index contributed by atoms with van der Waals surface area (Å²) in [6, 6.07) is -0.833. The molecule has 15 heavy (non-hydrogen) atoms. The molecule has 1 fully saturated rings. The van der Waals surface area contributed by atoms with Crippen molar-refractivity contribution in [2.75, 3.05) is 13.2 Å². The molecule has 0 spiro atoms. The highest BCUT2D eigenvalue weighted by Crippen LogP contribution is 2.13. The smallest absolute Gasteiger partial charge is 0.412 e. The van der Waals surface area contributed by atoms with Crippen LogP contribution in [0.5, 0.6) is 0 Å². The number of carbonyl (C=O) groups is 2. The summed E-state index contributed by atoms with van der Waals surface area (Å²) in [5.74, 6) is -1.02. The summed E-state index contributed by atoms with van der Waals surface area (Å²) in [7, 11) is 0. The van der Waals surface area contributed by atoms with E-state index in [-0.39, 0.29) is 13.2 Å². The molecule has 6 heteroatoms. The molecular formula is C9H16N2O4. The fourth-order valence-electron chi connectivity index (χ4n) is 1.28. The van der Waals surface area contributed by atoms with Crippen LogP contribution in [0.1, 0.15) is 20.8 Å². The summed E-state index contributed by atoms with van der Waals surface area (Å²) in [4.78, 5) is 23.5. The van der Waals surface area contributed by atoms with Crippen LogP contribution in [0, 0.1) is 0 Å². The van der Waals surface area contributed by atoms with Crippen molar-refractivity contribution in [2.24, 2.45) is 0 Å². The number of hydrogen-bond acceptors (Lipinski definition) is 4. The van der Waals surface area contributed by atoms with Crippen LogP contribution in [0.2, 0.25) is 0 Å². The van der Waals surface area contributed by atoms with E-state index in [1.165, 1.54) is 4.90 Å². The highest BCUT2D eigenvalue weighted by molar-refractivity contribution is 5.81. The molecule has 0 aromatic carbocycles. The van der Waals surface area contributed by atoms with Crippen molar-refractivity contribution in [1.29, 1.82) is 0 Å².